The molecule has 38 heavy (non-hydrogen) atoms. The van der Waals surface area contributed by atoms with Gasteiger partial charge in [-0.25, -0.2) is 0 Å². The average molecular weight is 541 g/mol. The highest BCUT2D eigenvalue weighted by Gasteiger charge is 2.40. The Morgan fingerprint density at radius 2 is 1.45 bits per heavy atom. The van der Waals surface area contributed by atoms with Gasteiger partial charge in [0.2, 0.25) is 17.6 Å². The van der Waals surface area contributed by atoms with Gasteiger partial charge in [-0.05, 0) is 45.6 Å². The van der Waals surface area contributed by atoms with E-state index in [4.69, 9.17) is 10.4 Å². The number of likely N-dealkylation sites (tertiary alicyclic amines) is 1. The molecule has 2 aliphatic rings. The third-order valence-corrected chi connectivity index (χ3v) is 6.11. The van der Waals surface area contributed by atoms with Crippen molar-refractivity contribution in [2.45, 2.75) is 131 Å². The van der Waals surface area contributed by atoms with E-state index in [1.54, 1.807) is 11.9 Å². The summed E-state index contributed by atoms with van der Waals surface area (Å²) in [6, 6.07) is -0.777. The maximum absolute atomic E-state index is 13.1. The number of nitrogens with one attached hydrogen (secondary N) is 2. The number of hydrogen-bond donors (Lipinski definition) is 3. The Morgan fingerprint density at radius 1 is 0.947 bits per heavy atom. The molecule has 222 valence electrons. The monoisotopic (exact) mass is 540 g/mol. The molecular formula is C29H56N4O5. The number of hydrogen-bond acceptors (Lipinski definition) is 7. The maximum Gasteiger partial charge on any atom is 0.299 e. The summed E-state index contributed by atoms with van der Waals surface area (Å²) in [4.78, 5) is 50.2. The van der Waals surface area contributed by atoms with E-state index in [1.165, 1.54) is 38.7 Å². The first-order chi connectivity index (χ1) is 18.2. The maximum atomic E-state index is 13.1. The quantitative estimate of drug-likeness (QED) is 0.310. The van der Waals surface area contributed by atoms with Crippen molar-refractivity contribution in [2.24, 2.45) is 5.92 Å². The zero-order chi connectivity index (χ0) is 30.1. The number of aliphatic hydroxyl groups is 1. The number of carbonyl (C=O) groups is 4. The van der Waals surface area contributed by atoms with Crippen LogP contribution in [0.25, 0.3) is 0 Å². The zero-order valence-corrected chi connectivity index (χ0v) is 25.6. The molecule has 1 saturated carbocycles. The second kappa shape index (κ2) is 26.3. The molecule has 0 spiro atoms. The molecule has 3 unspecified atom stereocenters. The SMILES string of the molecule is CC.CCC.CCCC.CNC(C(=O)N1CCCC1C(=O)NC(C)C(=O)C(=O)C#N)C1CCCCC1.CO. The Bertz CT molecular complexity index is 685. The Hall–Kier alpha value is -2.31. The fraction of sp³-hybridized carbons (Fsp3) is 0.828. The van der Waals surface area contributed by atoms with Crippen LogP contribution in [0.15, 0.2) is 0 Å². The lowest BCUT2D eigenvalue weighted by molar-refractivity contribution is -0.142. The van der Waals surface area contributed by atoms with Gasteiger partial charge in [0.15, 0.2) is 0 Å². The number of aliphatic hydroxyl groups excluding tert-OH is 1. The lowest BCUT2D eigenvalue weighted by Crippen LogP contribution is -2.55. The second-order valence-corrected chi connectivity index (χ2v) is 9.10. The first kappa shape index (κ1) is 40.2. The number of nitriles is 1. The standard InChI is InChI=1S/C19H28N4O4.C4H10.C3H8.C2H6.CH4O/c1-12(17(25)15(24)11-20)22-18(26)14-9-6-10-23(14)19(27)16(21-2)13-7-4-3-5-8-13;1-3-4-2;1-3-2;2*1-2/h12-14,16,21H,3-10H2,1-2H3,(H,22,26);3-4H2,1-2H3;3H2,1-2H3;1-2H3;2H,1H3. The molecule has 1 saturated heterocycles. The first-order valence-electron chi connectivity index (χ1n) is 14.4. The van der Waals surface area contributed by atoms with Crippen molar-refractivity contribution in [1.82, 2.24) is 15.5 Å². The van der Waals surface area contributed by atoms with Crippen LogP contribution in [0.5, 0.6) is 0 Å². The van der Waals surface area contributed by atoms with E-state index in [2.05, 4.69) is 38.3 Å². The minimum Gasteiger partial charge on any atom is -0.400 e. The third kappa shape index (κ3) is 15.2. The van der Waals surface area contributed by atoms with Gasteiger partial charge in [0.05, 0.1) is 12.1 Å². The minimum atomic E-state index is -1.19. The first-order valence-corrected chi connectivity index (χ1v) is 14.4. The van der Waals surface area contributed by atoms with Crippen LogP contribution in [0.2, 0.25) is 0 Å². The van der Waals surface area contributed by atoms with Crippen LogP contribution in [0.3, 0.4) is 0 Å². The number of ketones is 2. The molecule has 2 fully saturated rings. The summed E-state index contributed by atoms with van der Waals surface area (Å²) in [6.45, 7) is 14.5. The fourth-order valence-corrected chi connectivity index (χ4v) is 4.14. The smallest absolute Gasteiger partial charge is 0.299 e. The summed E-state index contributed by atoms with van der Waals surface area (Å²) in [5.74, 6) is -2.39. The van der Waals surface area contributed by atoms with Gasteiger partial charge in [-0.3, -0.25) is 19.2 Å². The second-order valence-electron chi connectivity index (χ2n) is 9.10. The molecule has 9 heteroatoms. The van der Waals surface area contributed by atoms with Crippen LogP contribution in [0, 0.1) is 17.2 Å². The summed E-state index contributed by atoms with van der Waals surface area (Å²) >= 11 is 0. The van der Waals surface area contributed by atoms with Crippen molar-refractivity contribution < 1.29 is 24.3 Å². The largest absolute Gasteiger partial charge is 0.400 e. The van der Waals surface area contributed by atoms with Gasteiger partial charge in [-0.2, -0.15) is 5.26 Å². The van der Waals surface area contributed by atoms with Crippen LogP contribution in [-0.4, -0.2) is 72.2 Å². The summed E-state index contributed by atoms with van der Waals surface area (Å²) in [7, 11) is 2.77. The normalized spacial score (nSPS) is 17.6. The molecule has 0 aromatic carbocycles. The van der Waals surface area contributed by atoms with Crippen molar-refractivity contribution >= 4 is 23.4 Å². The number of unbranched alkanes of at least 4 members (excludes halogenated alkanes) is 1. The summed E-state index contributed by atoms with van der Waals surface area (Å²) in [5, 5.41) is 21.1. The highest BCUT2D eigenvalue weighted by molar-refractivity contribution is 6.45. The molecule has 0 bridgehead atoms. The Kier molecular flexibility index (Phi) is 27.8. The van der Waals surface area contributed by atoms with Gasteiger partial charge in [0, 0.05) is 13.7 Å². The van der Waals surface area contributed by atoms with Crippen LogP contribution < -0.4 is 10.6 Å². The van der Waals surface area contributed by atoms with Crippen molar-refractivity contribution in [3.8, 4) is 6.07 Å². The van der Waals surface area contributed by atoms with Crippen molar-refractivity contribution in [3.63, 3.8) is 0 Å². The van der Waals surface area contributed by atoms with E-state index in [9.17, 15) is 19.2 Å². The van der Waals surface area contributed by atoms with Crippen LogP contribution in [-0.2, 0) is 19.2 Å². The van der Waals surface area contributed by atoms with Gasteiger partial charge in [-0.1, -0.05) is 80.1 Å². The van der Waals surface area contributed by atoms with Crippen LogP contribution in [0.1, 0.15) is 113 Å². The zero-order valence-electron chi connectivity index (χ0n) is 25.6. The van der Waals surface area contributed by atoms with E-state index in [-0.39, 0.29) is 17.9 Å². The van der Waals surface area contributed by atoms with E-state index in [1.807, 2.05) is 13.8 Å². The number of carbonyl (C=O) groups excluding carboxylic acids is 4. The highest BCUT2D eigenvalue weighted by Crippen LogP contribution is 2.29. The molecule has 9 nitrogen and oxygen atoms in total. The van der Waals surface area contributed by atoms with E-state index >= 15 is 0 Å². The Balaban J connectivity index is -0.000000961. The predicted molar refractivity (Wildman–Crippen MR) is 153 cm³/mol. The molecule has 0 radical (unpaired) electrons. The Labute approximate surface area is 232 Å². The average Bonchev–Trinajstić information content (AvgIpc) is 3.46. The highest BCUT2D eigenvalue weighted by atomic mass is 16.2. The van der Waals surface area contributed by atoms with Gasteiger partial charge in [0.25, 0.3) is 5.78 Å². The number of Topliss-reactive ketones (excluding diaryl/α,β-unsaturated/α-hetero) is 2. The lowest BCUT2D eigenvalue weighted by atomic mass is 9.83. The molecule has 2 rings (SSSR count). The predicted octanol–water partition coefficient (Wildman–Crippen LogP) is 4.17. The molecular weight excluding hydrogens is 484 g/mol. The number of amides is 2. The van der Waals surface area contributed by atoms with Crippen molar-refractivity contribution in [1.29, 1.82) is 5.26 Å². The molecule has 3 N–H and O–H groups in total. The molecule has 0 aromatic rings. The molecule has 2 amide bonds. The van der Waals surface area contributed by atoms with Crippen LogP contribution >= 0.6 is 0 Å². The van der Waals surface area contributed by atoms with Crippen molar-refractivity contribution in [3.05, 3.63) is 0 Å². The lowest BCUT2D eigenvalue weighted by Gasteiger charge is -2.34. The van der Waals surface area contributed by atoms with E-state index in [0.29, 0.717) is 19.4 Å². The van der Waals surface area contributed by atoms with Gasteiger partial charge >= 0.3 is 0 Å². The fourth-order valence-electron chi connectivity index (χ4n) is 4.14. The number of nitrogens with zero attached hydrogens (tertiary/aromatic N) is 2. The minimum absolute atomic E-state index is 0.0749. The van der Waals surface area contributed by atoms with Gasteiger partial charge in [-0.15, -0.1) is 0 Å². The van der Waals surface area contributed by atoms with Gasteiger partial charge in [0.1, 0.15) is 12.1 Å². The summed E-state index contributed by atoms with van der Waals surface area (Å²) in [5.41, 5.74) is 0. The molecule has 1 aliphatic carbocycles. The number of rotatable bonds is 8. The topological polar surface area (TPSA) is 140 Å². The van der Waals surface area contributed by atoms with E-state index < -0.39 is 29.6 Å². The summed E-state index contributed by atoms with van der Waals surface area (Å²) in [6.07, 6.45) is 10.6. The van der Waals surface area contributed by atoms with Crippen molar-refractivity contribution in [2.75, 3.05) is 20.7 Å². The molecule has 1 heterocycles. The Morgan fingerprint density at radius 3 is 1.87 bits per heavy atom. The third-order valence-electron chi connectivity index (χ3n) is 6.11. The molecule has 0 aromatic heterocycles. The van der Waals surface area contributed by atoms with Gasteiger partial charge < -0.3 is 20.6 Å². The molecule has 3 atom stereocenters. The van der Waals surface area contributed by atoms with E-state index in [0.717, 1.165) is 32.8 Å². The number of likely N-dealkylation sites (N-methyl/N-ethyl adjacent to an activating group) is 1. The van der Waals surface area contributed by atoms with Crippen LogP contribution in [0.4, 0.5) is 0 Å². The summed E-state index contributed by atoms with van der Waals surface area (Å²) < 4.78 is 0. The molecule has 1 aliphatic heterocycles.